The summed E-state index contributed by atoms with van der Waals surface area (Å²) in [6.07, 6.45) is 0. The summed E-state index contributed by atoms with van der Waals surface area (Å²) in [6, 6.07) is 62.0. The molecule has 0 aliphatic carbocycles. The maximum atomic E-state index is 8.57. The van der Waals surface area contributed by atoms with E-state index >= 15 is 0 Å². The molecule has 3 aromatic heterocycles. The number of furan rings is 1. The fraction of sp³-hybridized carbons (Fsp3) is 0.308. The highest BCUT2D eigenvalue weighted by molar-refractivity contribution is 6.37. The molecule has 1 aliphatic heterocycles. The van der Waals surface area contributed by atoms with Crippen molar-refractivity contribution in [3.8, 4) is 11.4 Å². The van der Waals surface area contributed by atoms with Crippen LogP contribution >= 0.6 is 11.6 Å². The molecule has 0 atom stereocenters. The number of hydrogen-bond donors (Lipinski definition) is 0. The number of para-hydroxylation sites is 2. The van der Waals surface area contributed by atoms with Gasteiger partial charge in [-0.3, -0.25) is 0 Å². The van der Waals surface area contributed by atoms with Gasteiger partial charge in [-0.2, -0.15) is 0 Å². The van der Waals surface area contributed by atoms with E-state index in [1.54, 1.807) is 0 Å². The average Bonchev–Trinajstić information content (AvgIpc) is 1.60. The van der Waals surface area contributed by atoms with E-state index in [-0.39, 0.29) is 32.5 Å². The highest BCUT2D eigenvalue weighted by Crippen LogP contribution is 2.57. The Hall–Kier alpha value is -7.73. The number of anilines is 6. The predicted molar refractivity (Wildman–Crippen MR) is 363 cm³/mol. The minimum absolute atomic E-state index is 0.0241. The van der Waals surface area contributed by atoms with E-state index in [1.165, 1.54) is 60.4 Å². The van der Waals surface area contributed by atoms with Crippen LogP contribution in [0.5, 0.6) is 0 Å². The van der Waals surface area contributed by atoms with E-state index in [0.29, 0.717) is 5.02 Å². The van der Waals surface area contributed by atoms with E-state index in [0.717, 1.165) is 84.0 Å². The summed E-state index contributed by atoms with van der Waals surface area (Å²) in [7, 11) is 0. The molecule has 0 saturated carbocycles. The lowest BCUT2D eigenvalue weighted by Gasteiger charge is -2.38. The lowest BCUT2D eigenvalue weighted by atomic mass is 9.84. The van der Waals surface area contributed by atoms with Crippen molar-refractivity contribution in [2.45, 2.75) is 157 Å². The molecule has 0 saturated heterocycles. The van der Waals surface area contributed by atoms with Crippen molar-refractivity contribution in [3.63, 3.8) is 0 Å². The van der Waals surface area contributed by atoms with Gasteiger partial charge in [-0.15, -0.1) is 0 Å². The van der Waals surface area contributed by atoms with Gasteiger partial charge in [-0.05, 0) is 169 Å². The first-order valence-electron chi connectivity index (χ1n) is 30.2. The van der Waals surface area contributed by atoms with Crippen LogP contribution < -0.4 is 9.80 Å². The zero-order chi connectivity index (χ0) is 59.7. The number of aromatic nitrogens is 2. The third kappa shape index (κ3) is 8.93. The highest BCUT2D eigenvalue weighted by Gasteiger charge is 2.36. The molecular weight excluding hydrogens is 1040 g/mol. The third-order valence-corrected chi connectivity index (χ3v) is 18.4. The summed E-state index contributed by atoms with van der Waals surface area (Å²) in [4.78, 5) is 4.87. The van der Waals surface area contributed by atoms with Crippen LogP contribution in [0.4, 0.5) is 34.1 Å². The Morgan fingerprint density at radius 2 is 0.810 bits per heavy atom. The molecule has 6 heteroatoms. The molecule has 0 unspecified atom stereocenters. The van der Waals surface area contributed by atoms with Gasteiger partial charge in [0.15, 0.2) is 5.58 Å². The summed E-state index contributed by atoms with van der Waals surface area (Å²) < 4.78 is 12.1. The molecule has 0 bridgehead atoms. The quantitative estimate of drug-likeness (QED) is 0.172. The Morgan fingerprint density at radius 3 is 1.39 bits per heavy atom. The van der Waals surface area contributed by atoms with Crippen LogP contribution in [0.15, 0.2) is 168 Å². The van der Waals surface area contributed by atoms with Gasteiger partial charge >= 0.3 is 0 Å². The highest BCUT2D eigenvalue weighted by atomic mass is 35.5. The largest absolute Gasteiger partial charge is 0.454 e. The Morgan fingerprint density at radius 1 is 0.345 bits per heavy atom. The first-order valence-corrected chi connectivity index (χ1v) is 30.6. The molecule has 1 aliphatic rings. The molecule has 0 radical (unpaired) electrons. The Balaban J connectivity index is 1.13. The Bertz CT molecular complexity index is 4620. The number of fused-ring (bicyclic) bond motifs is 11. The van der Waals surface area contributed by atoms with Gasteiger partial charge in [0.25, 0.3) is 0 Å². The second-order valence-electron chi connectivity index (χ2n) is 30.2. The van der Waals surface area contributed by atoms with Crippen LogP contribution in [0.25, 0.3) is 76.9 Å². The lowest BCUT2D eigenvalue weighted by Crippen LogP contribution is -2.23. The fourth-order valence-corrected chi connectivity index (χ4v) is 13.1. The molecule has 9 aromatic carbocycles. The van der Waals surface area contributed by atoms with Crippen LogP contribution in [-0.2, 0) is 32.5 Å². The monoisotopic (exact) mass is 1120 g/mol. The minimum Gasteiger partial charge on any atom is -0.454 e. The van der Waals surface area contributed by atoms with Gasteiger partial charge in [0.1, 0.15) is 5.58 Å². The van der Waals surface area contributed by atoms with E-state index in [9.17, 15) is 0 Å². The van der Waals surface area contributed by atoms with E-state index in [1.807, 2.05) is 0 Å². The molecule has 0 N–H and O–H groups in total. The van der Waals surface area contributed by atoms with Crippen LogP contribution in [0, 0.1) is 0 Å². The van der Waals surface area contributed by atoms with Crippen molar-refractivity contribution >= 4 is 111 Å². The van der Waals surface area contributed by atoms with Gasteiger partial charge in [0, 0.05) is 43.7 Å². The molecular formula is C78H81ClN4O. The topological polar surface area (TPSA) is 29.5 Å². The number of hydrogen-bond acceptors (Lipinski definition) is 3. The third-order valence-electron chi connectivity index (χ3n) is 18.0. The summed E-state index contributed by atoms with van der Waals surface area (Å²) in [5.41, 5.74) is 21.3. The molecule has 426 valence electrons. The van der Waals surface area contributed by atoms with E-state index in [2.05, 4.69) is 307 Å². The van der Waals surface area contributed by atoms with Crippen molar-refractivity contribution in [3.05, 3.63) is 202 Å². The van der Waals surface area contributed by atoms with E-state index in [4.69, 9.17) is 16.0 Å². The van der Waals surface area contributed by atoms with Crippen molar-refractivity contribution < 1.29 is 4.42 Å². The smallest absolute Gasteiger partial charge is 0.159 e. The maximum Gasteiger partial charge on any atom is 0.159 e. The molecule has 0 amide bonds. The minimum atomic E-state index is -0.302. The van der Waals surface area contributed by atoms with Gasteiger partial charge < -0.3 is 23.4 Å². The molecule has 5 nitrogen and oxygen atoms in total. The van der Waals surface area contributed by atoms with Crippen LogP contribution in [0.1, 0.15) is 158 Å². The summed E-state index contributed by atoms with van der Waals surface area (Å²) in [6.45, 7) is 41.6. The summed E-state index contributed by atoms with van der Waals surface area (Å²) in [5.74, 6) is 0. The lowest BCUT2D eigenvalue weighted by molar-refractivity contribution is 0.589. The molecule has 12 aromatic rings. The Labute approximate surface area is 502 Å². The predicted octanol–water partition coefficient (Wildman–Crippen LogP) is 23.5. The van der Waals surface area contributed by atoms with E-state index < -0.39 is 0 Å². The SMILES string of the molecule is CC(C)(C)c1cc(N(c2cccc(-n3c4ccc(C(C)(C)C)cc4c4cc(C(C)(C)C)ccc43)c2)c2cccc3c2oc2ccccc23)c(Cl)c(N2c3ccc(C(C)(C)C)cc3-n3c4ccc(C(C)(C)C)cc4c4cc(C(C)(C)C)cc2c43)c1. The number of halogens is 1. The van der Waals surface area contributed by atoms with Crippen LogP contribution in [0.2, 0.25) is 5.02 Å². The number of rotatable bonds is 5. The fourth-order valence-electron chi connectivity index (χ4n) is 12.9. The molecule has 0 fully saturated rings. The van der Waals surface area contributed by atoms with Crippen LogP contribution in [0.3, 0.4) is 0 Å². The number of benzene rings is 9. The van der Waals surface area contributed by atoms with Gasteiger partial charge in [0.05, 0.1) is 61.2 Å². The van der Waals surface area contributed by atoms with Crippen molar-refractivity contribution in [2.24, 2.45) is 0 Å². The molecule has 84 heavy (non-hydrogen) atoms. The number of nitrogens with zero attached hydrogens (tertiary/aromatic N) is 4. The maximum absolute atomic E-state index is 8.57. The first kappa shape index (κ1) is 55.5. The van der Waals surface area contributed by atoms with Crippen molar-refractivity contribution in [1.82, 2.24) is 9.13 Å². The molecule has 13 rings (SSSR count). The standard InChI is InChI=1S/C78H81ClN4O/c1-73(2,3)46-29-33-60-56(37-46)57-38-47(74(4,5)6)30-34-61(57)80(60)52-23-21-24-53(45-52)81(64-27-22-26-55-54-25-19-20-28-69(54)84-72(55)64)66-42-51(78(16,17)18)43-67(70(66)79)82-63-36-32-49(76(10,11)12)41-65(63)83-62-35-31-48(75(7,8)9)39-58(62)59-40-50(77(13,14)15)44-68(82)71(59)83/h19-45H,1-18H3. The zero-order valence-electron chi connectivity index (χ0n) is 52.7. The van der Waals surface area contributed by atoms with Gasteiger partial charge in [0.2, 0.25) is 0 Å². The van der Waals surface area contributed by atoms with Crippen molar-refractivity contribution in [1.29, 1.82) is 0 Å². The second kappa shape index (κ2) is 18.6. The molecule has 0 spiro atoms. The zero-order valence-corrected chi connectivity index (χ0v) is 53.4. The first-order chi connectivity index (χ1) is 39.4. The van der Waals surface area contributed by atoms with Gasteiger partial charge in [-0.25, -0.2) is 0 Å². The normalized spacial score (nSPS) is 13.6. The Kier molecular flexibility index (Phi) is 12.3. The summed E-state index contributed by atoms with van der Waals surface area (Å²) in [5, 5.41) is 7.73. The molecule has 4 heterocycles. The summed E-state index contributed by atoms with van der Waals surface area (Å²) >= 11 is 8.57. The van der Waals surface area contributed by atoms with Gasteiger partial charge in [-0.1, -0.05) is 197 Å². The van der Waals surface area contributed by atoms with Crippen molar-refractivity contribution in [2.75, 3.05) is 9.80 Å². The average molecular weight is 1130 g/mol. The second-order valence-corrected chi connectivity index (χ2v) is 30.6. The van der Waals surface area contributed by atoms with Crippen LogP contribution in [-0.4, -0.2) is 9.13 Å².